The Morgan fingerprint density at radius 1 is 0.711 bits per heavy atom. The number of amides is 1. The molecule has 2 aliphatic rings. The van der Waals surface area contributed by atoms with E-state index in [-0.39, 0.29) is 31.5 Å². The molecule has 0 radical (unpaired) electrons. The Kier molecular flexibility index (Phi) is 7.34. The van der Waals surface area contributed by atoms with E-state index in [9.17, 15) is 19.5 Å². The second-order valence-corrected chi connectivity index (χ2v) is 11.1. The molecule has 7 rings (SSSR count). The SMILES string of the molecule is O=C(NC(Cc1cn(C(=O)OCC2c3ccccc3-c3ccccc32)cn1)C(=O)O)OCC1c2ccccc2-c2ccccc21. The van der Waals surface area contributed by atoms with Crippen molar-refractivity contribution in [3.05, 3.63) is 138 Å². The minimum absolute atomic E-state index is 0.0581. The van der Waals surface area contributed by atoms with E-state index in [1.165, 1.54) is 17.1 Å². The van der Waals surface area contributed by atoms with Crippen molar-refractivity contribution < 1.29 is 29.0 Å². The maximum atomic E-state index is 12.9. The maximum absolute atomic E-state index is 12.9. The molecule has 1 amide bonds. The Morgan fingerprint density at radius 3 is 1.62 bits per heavy atom. The van der Waals surface area contributed by atoms with E-state index in [4.69, 9.17) is 9.47 Å². The Bertz CT molecular complexity index is 1840. The summed E-state index contributed by atoms with van der Waals surface area (Å²) >= 11 is 0. The van der Waals surface area contributed by atoms with E-state index in [0.717, 1.165) is 44.5 Å². The van der Waals surface area contributed by atoms with Crippen LogP contribution in [0.1, 0.15) is 39.8 Å². The van der Waals surface area contributed by atoms with Gasteiger partial charge in [0.15, 0.2) is 0 Å². The molecule has 2 N–H and O–H groups in total. The van der Waals surface area contributed by atoms with Gasteiger partial charge >= 0.3 is 18.2 Å². The van der Waals surface area contributed by atoms with Crippen LogP contribution in [0.25, 0.3) is 22.3 Å². The van der Waals surface area contributed by atoms with E-state index in [0.29, 0.717) is 5.69 Å². The molecule has 0 aliphatic heterocycles. The number of ether oxygens (including phenoxy) is 2. The topological polar surface area (TPSA) is 120 Å². The van der Waals surface area contributed by atoms with E-state index < -0.39 is 24.2 Å². The fourth-order valence-electron chi connectivity index (χ4n) is 6.43. The summed E-state index contributed by atoms with van der Waals surface area (Å²) < 4.78 is 12.4. The van der Waals surface area contributed by atoms with Gasteiger partial charge in [-0.15, -0.1) is 0 Å². The lowest BCUT2D eigenvalue weighted by Gasteiger charge is -2.17. The zero-order valence-electron chi connectivity index (χ0n) is 24.1. The number of aromatic nitrogens is 2. The van der Waals surface area contributed by atoms with Gasteiger partial charge in [-0.25, -0.2) is 23.9 Å². The fraction of sp³-hybridized carbons (Fsp3) is 0.167. The number of benzene rings is 4. The second-order valence-electron chi connectivity index (χ2n) is 11.1. The van der Waals surface area contributed by atoms with Crippen LogP contribution in [0, 0.1) is 0 Å². The number of carbonyl (C=O) groups excluding carboxylic acids is 2. The molecular weight excluding hydrogens is 570 g/mol. The van der Waals surface area contributed by atoms with Gasteiger partial charge in [-0.05, 0) is 44.5 Å². The molecule has 5 aromatic rings. The molecule has 0 spiro atoms. The van der Waals surface area contributed by atoms with Gasteiger partial charge in [0.1, 0.15) is 25.6 Å². The van der Waals surface area contributed by atoms with Crippen molar-refractivity contribution in [2.45, 2.75) is 24.3 Å². The van der Waals surface area contributed by atoms with E-state index in [2.05, 4.69) is 22.4 Å². The fourth-order valence-corrected chi connectivity index (χ4v) is 6.43. The first-order valence-corrected chi connectivity index (χ1v) is 14.7. The van der Waals surface area contributed by atoms with Crippen molar-refractivity contribution in [1.82, 2.24) is 14.9 Å². The number of nitrogens with one attached hydrogen (secondary N) is 1. The smallest absolute Gasteiger partial charge is 0.419 e. The molecule has 9 nitrogen and oxygen atoms in total. The zero-order chi connectivity index (χ0) is 30.9. The predicted molar refractivity (Wildman–Crippen MR) is 166 cm³/mol. The lowest BCUT2D eigenvalue weighted by Crippen LogP contribution is -2.43. The summed E-state index contributed by atoms with van der Waals surface area (Å²) in [5.74, 6) is -1.50. The van der Waals surface area contributed by atoms with Crippen LogP contribution in [-0.2, 0) is 20.7 Å². The first kappa shape index (κ1) is 28.1. The van der Waals surface area contributed by atoms with E-state index in [1.807, 2.05) is 84.9 Å². The Hall–Kier alpha value is -5.70. The number of carboxylic acid groups (broad SMARTS) is 1. The van der Waals surface area contributed by atoms with Gasteiger partial charge in [-0.1, -0.05) is 97.1 Å². The number of carbonyl (C=O) groups is 3. The number of aliphatic carboxylic acids is 1. The maximum Gasteiger partial charge on any atom is 0.419 e. The minimum atomic E-state index is -1.31. The molecule has 45 heavy (non-hydrogen) atoms. The first-order valence-electron chi connectivity index (χ1n) is 14.7. The van der Waals surface area contributed by atoms with Gasteiger partial charge in [0, 0.05) is 24.5 Å². The summed E-state index contributed by atoms with van der Waals surface area (Å²) in [6.07, 6.45) is 1.06. The normalized spacial score (nSPS) is 13.7. The number of hydrogen-bond donors (Lipinski definition) is 2. The highest BCUT2D eigenvalue weighted by Gasteiger charge is 2.31. The van der Waals surface area contributed by atoms with Gasteiger partial charge < -0.3 is 19.9 Å². The van der Waals surface area contributed by atoms with Crippen LogP contribution in [0.5, 0.6) is 0 Å². The van der Waals surface area contributed by atoms with E-state index in [1.54, 1.807) is 0 Å². The van der Waals surface area contributed by atoms with Crippen LogP contribution in [0.3, 0.4) is 0 Å². The third kappa shape index (κ3) is 5.33. The third-order valence-corrected chi connectivity index (χ3v) is 8.53. The molecule has 9 heteroatoms. The van der Waals surface area contributed by atoms with Crippen LogP contribution in [0.2, 0.25) is 0 Å². The summed E-state index contributed by atoms with van der Waals surface area (Å²) in [5, 5.41) is 12.2. The Labute approximate surface area is 259 Å². The molecule has 1 aromatic heterocycles. The molecule has 0 bridgehead atoms. The number of fused-ring (bicyclic) bond motifs is 6. The summed E-state index contributed by atoms with van der Waals surface area (Å²) in [4.78, 5) is 41.9. The molecule has 1 unspecified atom stereocenters. The van der Waals surface area contributed by atoms with Gasteiger partial charge in [0.25, 0.3) is 0 Å². The molecule has 0 fully saturated rings. The van der Waals surface area contributed by atoms with Crippen LogP contribution in [-0.4, -0.2) is 52.1 Å². The van der Waals surface area contributed by atoms with E-state index >= 15 is 0 Å². The summed E-state index contributed by atoms with van der Waals surface area (Å²) in [5.41, 5.74) is 9.05. The number of hydrogen-bond acceptors (Lipinski definition) is 6. The third-order valence-electron chi connectivity index (χ3n) is 8.53. The molecule has 1 atom stereocenters. The molecule has 1 heterocycles. The minimum Gasteiger partial charge on any atom is -0.480 e. The van der Waals surface area contributed by atoms with Crippen molar-refractivity contribution in [3.63, 3.8) is 0 Å². The van der Waals surface area contributed by atoms with Crippen molar-refractivity contribution in [3.8, 4) is 22.3 Å². The van der Waals surface area contributed by atoms with Crippen molar-refractivity contribution in [2.75, 3.05) is 13.2 Å². The monoisotopic (exact) mass is 599 g/mol. The summed E-state index contributed by atoms with van der Waals surface area (Å²) in [6, 6.07) is 30.7. The molecule has 2 aliphatic carbocycles. The highest BCUT2D eigenvalue weighted by Crippen LogP contribution is 2.45. The number of rotatable bonds is 8. The average molecular weight is 600 g/mol. The van der Waals surface area contributed by atoms with Crippen molar-refractivity contribution in [1.29, 1.82) is 0 Å². The predicted octanol–water partition coefficient (Wildman–Crippen LogP) is 6.21. The standard InChI is InChI=1S/C36H29N3O6/c40-34(41)33(38-35(42)44-19-31-27-13-5-1-9-23(27)24-10-2-6-14-28(24)31)17-22-18-39(21-37-22)36(43)45-20-32-29-15-7-3-11-25(29)26-12-4-8-16-30(26)32/h1-16,18,21,31-33H,17,19-20H2,(H,38,42)(H,40,41). The lowest BCUT2D eigenvalue weighted by atomic mass is 9.98. The average Bonchev–Trinajstić information content (AvgIpc) is 3.75. The Balaban J connectivity index is 0.963. The number of alkyl carbamates (subject to hydrolysis) is 1. The lowest BCUT2D eigenvalue weighted by molar-refractivity contribution is -0.139. The molecule has 0 saturated heterocycles. The highest BCUT2D eigenvalue weighted by atomic mass is 16.6. The molecular formula is C36H29N3O6. The Morgan fingerprint density at radius 2 is 1.16 bits per heavy atom. The summed E-state index contributed by atoms with van der Waals surface area (Å²) in [7, 11) is 0. The first-order chi connectivity index (χ1) is 22.0. The molecule has 4 aromatic carbocycles. The molecule has 224 valence electrons. The van der Waals surface area contributed by atoms with Crippen molar-refractivity contribution in [2.24, 2.45) is 0 Å². The quantitative estimate of drug-likeness (QED) is 0.217. The van der Waals surface area contributed by atoms with Crippen LogP contribution in [0.15, 0.2) is 110 Å². The van der Waals surface area contributed by atoms with Crippen LogP contribution < -0.4 is 5.32 Å². The van der Waals surface area contributed by atoms with Gasteiger partial charge in [0.05, 0.1) is 5.69 Å². The summed E-state index contributed by atoms with van der Waals surface area (Å²) in [6.45, 7) is 0.198. The second kappa shape index (κ2) is 11.8. The number of imidazole rings is 1. The van der Waals surface area contributed by atoms with Gasteiger partial charge in [-0.2, -0.15) is 0 Å². The van der Waals surface area contributed by atoms with Crippen LogP contribution in [0.4, 0.5) is 9.59 Å². The van der Waals surface area contributed by atoms with Gasteiger partial charge in [0.2, 0.25) is 0 Å². The van der Waals surface area contributed by atoms with Gasteiger partial charge in [-0.3, -0.25) is 0 Å². The highest BCUT2D eigenvalue weighted by molar-refractivity contribution is 5.82. The number of carboxylic acids is 1. The van der Waals surface area contributed by atoms with Crippen LogP contribution >= 0.6 is 0 Å². The zero-order valence-corrected chi connectivity index (χ0v) is 24.1. The number of nitrogens with zero attached hydrogens (tertiary/aromatic N) is 2. The molecule has 0 saturated carbocycles. The largest absolute Gasteiger partial charge is 0.480 e. The van der Waals surface area contributed by atoms with Crippen molar-refractivity contribution >= 4 is 18.2 Å².